The molecule has 0 aliphatic heterocycles. The maximum atomic E-state index is 13.0. The molecule has 2 unspecified atom stereocenters. The first-order chi connectivity index (χ1) is 11.3. The van der Waals surface area contributed by atoms with Crippen LogP contribution in [0.2, 0.25) is 0 Å². The molecule has 0 saturated heterocycles. The summed E-state index contributed by atoms with van der Waals surface area (Å²) in [6, 6.07) is 7.58. The lowest BCUT2D eigenvalue weighted by molar-refractivity contribution is -0.199. The Hall–Kier alpha value is -1.82. The van der Waals surface area contributed by atoms with Gasteiger partial charge in [-0.05, 0) is 44.2 Å². The number of aryl methyl sites for hydroxylation is 1. The molecule has 0 radical (unpaired) electrons. The standard InChI is InChI=1S/C18H21F3N2O/c1-12-4-2-6-14-15(7-9-22-16(12)14)23-11-17(24)8-3-5-13(10-17)18(19,20)21/h2,4,6-7,9,13,24H,3,5,8,10-11H2,1H3,(H,22,23). The maximum Gasteiger partial charge on any atom is 0.391 e. The maximum absolute atomic E-state index is 13.0. The van der Waals surface area contributed by atoms with E-state index >= 15 is 0 Å². The quantitative estimate of drug-likeness (QED) is 0.870. The largest absolute Gasteiger partial charge is 0.391 e. The van der Waals surface area contributed by atoms with Crippen LogP contribution in [-0.2, 0) is 0 Å². The molecule has 1 aromatic heterocycles. The van der Waals surface area contributed by atoms with Crippen LogP contribution in [0, 0.1) is 12.8 Å². The average molecular weight is 338 g/mol. The molecular weight excluding hydrogens is 317 g/mol. The summed E-state index contributed by atoms with van der Waals surface area (Å²) in [6.45, 7) is 2.06. The highest BCUT2D eigenvalue weighted by Gasteiger charge is 2.46. The molecule has 3 rings (SSSR count). The Morgan fingerprint density at radius 2 is 2.12 bits per heavy atom. The average Bonchev–Trinajstić information content (AvgIpc) is 2.53. The Bertz CT molecular complexity index is 732. The van der Waals surface area contributed by atoms with Crippen molar-refractivity contribution in [2.45, 2.75) is 44.4 Å². The topological polar surface area (TPSA) is 45.1 Å². The van der Waals surface area contributed by atoms with E-state index in [2.05, 4.69) is 10.3 Å². The van der Waals surface area contributed by atoms with Gasteiger partial charge in [-0.15, -0.1) is 0 Å². The van der Waals surface area contributed by atoms with Crippen molar-refractivity contribution in [2.24, 2.45) is 5.92 Å². The molecule has 130 valence electrons. The predicted octanol–water partition coefficient (Wildman–Crippen LogP) is 4.44. The molecule has 3 nitrogen and oxygen atoms in total. The van der Waals surface area contributed by atoms with Crippen molar-refractivity contribution in [3.63, 3.8) is 0 Å². The number of pyridine rings is 1. The van der Waals surface area contributed by atoms with Crippen molar-refractivity contribution in [3.8, 4) is 0 Å². The third-order valence-electron chi connectivity index (χ3n) is 4.86. The number of fused-ring (bicyclic) bond motifs is 1. The summed E-state index contributed by atoms with van der Waals surface area (Å²) in [5.41, 5.74) is 1.33. The van der Waals surface area contributed by atoms with Gasteiger partial charge in [0.2, 0.25) is 0 Å². The highest BCUT2D eigenvalue weighted by Crippen LogP contribution is 2.42. The van der Waals surface area contributed by atoms with Gasteiger partial charge in [0.25, 0.3) is 0 Å². The second-order valence-corrected chi connectivity index (χ2v) is 6.74. The normalized spacial score (nSPS) is 25.0. The Balaban J connectivity index is 1.77. The zero-order valence-corrected chi connectivity index (χ0v) is 13.5. The number of hydrogen-bond donors (Lipinski definition) is 2. The minimum Gasteiger partial charge on any atom is -0.388 e. The highest BCUT2D eigenvalue weighted by atomic mass is 19.4. The zero-order chi connectivity index (χ0) is 17.4. The molecule has 1 heterocycles. The molecule has 0 amide bonds. The van der Waals surface area contributed by atoms with Crippen LogP contribution in [0.25, 0.3) is 10.9 Å². The Labute approximate surface area is 138 Å². The van der Waals surface area contributed by atoms with Gasteiger partial charge in [0.1, 0.15) is 0 Å². The van der Waals surface area contributed by atoms with Crippen molar-refractivity contribution in [2.75, 3.05) is 11.9 Å². The molecule has 0 spiro atoms. The van der Waals surface area contributed by atoms with E-state index in [1.165, 1.54) is 0 Å². The highest BCUT2D eigenvalue weighted by molar-refractivity contribution is 5.92. The number of halogens is 3. The first kappa shape index (κ1) is 17.0. The summed E-state index contributed by atoms with van der Waals surface area (Å²) < 4.78 is 38.9. The van der Waals surface area contributed by atoms with Crippen LogP contribution < -0.4 is 5.32 Å². The van der Waals surface area contributed by atoms with Gasteiger partial charge < -0.3 is 10.4 Å². The van der Waals surface area contributed by atoms with E-state index in [-0.39, 0.29) is 19.4 Å². The van der Waals surface area contributed by atoms with E-state index in [1.807, 2.05) is 25.1 Å². The number of aliphatic hydroxyl groups is 1. The smallest absolute Gasteiger partial charge is 0.388 e. The molecule has 1 aliphatic carbocycles. The third-order valence-corrected chi connectivity index (χ3v) is 4.86. The van der Waals surface area contributed by atoms with E-state index in [0.717, 1.165) is 22.2 Å². The predicted molar refractivity (Wildman–Crippen MR) is 87.9 cm³/mol. The summed E-state index contributed by atoms with van der Waals surface area (Å²) in [5.74, 6) is -1.42. The van der Waals surface area contributed by atoms with Crippen LogP contribution in [0.3, 0.4) is 0 Å². The van der Waals surface area contributed by atoms with Gasteiger partial charge in [-0.2, -0.15) is 13.2 Å². The van der Waals surface area contributed by atoms with Crippen LogP contribution in [0.15, 0.2) is 30.5 Å². The van der Waals surface area contributed by atoms with Gasteiger partial charge >= 0.3 is 6.18 Å². The van der Waals surface area contributed by atoms with Crippen LogP contribution in [0.1, 0.15) is 31.2 Å². The minimum absolute atomic E-state index is 0.100. The molecule has 1 aromatic carbocycles. The SMILES string of the molecule is Cc1cccc2c(NCC3(O)CCCC(C(F)(F)F)C3)ccnc12. The molecule has 2 atom stereocenters. The number of anilines is 1. The number of rotatable bonds is 3. The molecule has 2 N–H and O–H groups in total. The van der Waals surface area contributed by atoms with E-state index < -0.39 is 17.7 Å². The number of hydrogen-bond acceptors (Lipinski definition) is 3. The van der Waals surface area contributed by atoms with E-state index in [0.29, 0.717) is 12.8 Å². The zero-order valence-electron chi connectivity index (χ0n) is 13.5. The number of nitrogens with zero attached hydrogens (tertiary/aromatic N) is 1. The molecule has 24 heavy (non-hydrogen) atoms. The molecule has 2 aromatic rings. The van der Waals surface area contributed by atoms with Crippen LogP contribution in [0.4, 0.5) is 18.9 Å². The first-order valence-corrected chi connectivity index (χ1v) is 8.16. The number of alkyl halides is 3. The summed E-state index contributed by atoms with van der Waals surface area (Å²) in [7, 11) is 0. The summed E-state index contributed by atoms with van der Waals surface area (Å²) in [6.07, 6.45) is -1.95. The van der Waals surface area contributed by atoms with Crippen molar-refractivity contribution >= 4 is 16.6 Å². The monoisotopic (exact) mass is 338 g/mol. The molecule has 1 fully saturated rings. The molecular formula is C18H21F3N2O. The third kappa shape index (κ3) is 3.48. The second-order valence-electron chi connectivity index (χ2n) is 6.74. The van der Waals surface area contributed by atoms with Crippen LogP contribution in [0.5, 0.6) is 0 Å². The van der Waals surface area contributed by atoms with Crippen molar-refractivity contribution in [1.29, 1.82) is 0 Å². The lowest BCUT2D eigenvalue weighted by Gasteiger charge is -2.38. The number of benzene rings is 1. The Morgan fingerprint density at radius 3 is 2.88 bits per heavy atom. The lowest BCUT2D eigenvalue weighted by Crippen LogP contribution is -2.45. The van der Waals surface area contributed by atoms with Crippen molar-refractivity contribution in [3.05, 3.63) is 36.0 Å². The van der Waals surface area contributed by atoms with Gasteiger partial charge in [0.05, 0.1) is 17.0 Å². The number of para-hydroxylation sites is 1. The van der Waals surface area contributed by atoms with Gasteiger partial charge in [-0.1, -0.05) is 18.2 Å². The van der Waals surface area contributed by atoms with Crippen LogP contribution in [-0.4, -0.2) is 28.4 Å². The Morgan fingerprint density at radius 1 is 1.33 bits per heavy atom. The molecule has 6 heteroatoms. The van der Waals surface area contributed by atoms with Gasteiger partial charge in [-0.25, -0.2) is 0 Å². The van der Waals surface area contributed by atoms with E-state index in [1.54, 1.807) is 12.3 Å². The summed E-state index contributed by atoms with van der Waals surface area (Å²) in [4.78, 5) is 4.35. The van der Waals surface area contributed by atoms with Gasteiger partial charge in [0, 0.05) is 23.8 Å². The minimum atomic E-state index is -4.24. The summed E-state index contributed by atoms with van der Waals surface area (Å²) in [5, 5.41) is 14.7. The fraction of sp³-hybridized carbons (Fsp3) is 0.500. The second kappa shape index (κ2) is 6.24. The lowest BCUT2D eigenvalue weighted by atomic mass is 9.77. The fourth-order valence-electron chi connectivity index (χ4n) is 3.52. The molecule has 1 aliphatic rings. The van der Waals surface area contributed by atoms with Gasteiger partial charge in [-0.3, -0.25) is 4.98 Å². The van der Waals surface area contributed by atoms with Gasteiger partial charge in [0.15, 0.2) is 0 Å². The number of nitrogens with one attached hydrogen (secondary N) is 1. The number of aromatic nitrogens is 1. The molecule has 1 saturated carbocycles. The van der Waals surface area contributed by atoms with Crippen LogP contribution >= 0.6 is 0 Å². The fourth-order valence-corrected chi connectivity index (χ4v) is 3.52. The van der Waals surface area contributed by atoms with E-state index in [9.17, 15) is 18.3 Å². The summed E-state index contributed by atoms with van der Waals surface area (Å²) >= 11 is 0. The molecule has 0 bridgehead atoms. The van der Waals surface area contributed by atoms with Crippen molar-refractivity contribution < 1.29 is 18.3 Å². The van der Waals surface area contributed by atoms with E-state index in [4.69, 9.17) is 0 Å². The van der Waals surface area contributed by atoms with Crippen molar-refractivity contribution in [1.82, 2.24) is 4.98 Å². The Kier molecular flexibility index (Phi) is 4.42. The first-order valence-electron chi connectivity index (χ1n) is 8.16.